The number of hydrogen-bond donors (Lipinski definition) is 4. The van der Waals surface area contributed by atoms with E-state index in [4.69, 9.17) is 0 Å². The molecule has 0 aliphatic carbocycles. The molecule has 60 heavy (non-hydrogen) atoms. The van der Waals surface area contributed by atoms with Gasteiger partial charge >= 0.3 is 0 Å². The van der Waals surface area contributed by atoms with Crippen molar-refractivity contribution in [3.05, 3.63) is 147 Å². The van der Waals surface area contributed by atoms with E-state index in [0.29, 0.717) is 0 Å². The maximum absolute atomic E-state index is 4.14. The number of rotatable bonds is 4. The summed E-state index contributed by atoms with van der Waals surface area (Å²) in [6, 6.07) is 30.6. The van der Waals surface area contributed by atoms with E-state index in [1.165, 1.54) is 0 Å². The van der Waals surface area contributed by atoms with E-state index < -0.39 is 0 Å². The predicted octanol–water partition coefficient (Wildman–Crippen LogP) is 4.45. The molecule has 0 fully saturated rings. The number of nitrogens with one attached hydrogen (secondary N) is 4. The molecule has 8 aromatic rings. The Balaban J connectivity index is -0.0000000470. The van der Waals surface area contributed by atoms with Crippen molar-refractivity contribution in [2.24, 2.45) is 0 Å². The molecule has 8 rings (SSSR count). The van der Waals surface area contributed by atoms with Gasteiger partial charge in [0, 0.05) is 134 Å². The summed E-state index contributed by atoms with van der Waals surface area (Å²) in [6.07, 6.45) is 14.1. The van der Waals surface area contributed by atoms with Crippen LogP contribution in [0.15, 0.2) is 147 Å². The third-order valence-electron chi connectivity index (χ3n) is 5.71. The quantitative estimate of drug-likeness (QED) is 0.182. The molecule has 0 radical (unpaired) electrons. The fraction of sp³-hybridized carbons (Fsp3) is 0. The molecular formula is C32H28Mo4N12O12-24. The summed E-state index contributed by atoms with van der Waals surface area (Å²) in [7, 11) is 0. The first-order valence-corrected chi connectivity index (χ1v) is 13.5. The molecule has 0 bridgehead atoms. The second kappa shape index (κ2) is 50.9. The third-order valence-corrected chi connectivity index (χ3v) is 5.71. The fourth-order valence-corrected chi connectivity index (χ4v) is 3.67. The minimum atomic E-state index is 0. The normalized spacial score (nSPS) is 7.20. The summed E-state index contributed by atoms with van der Waals surface area (Å²) in [5, 5.41) is 26.9. The van der Waals surface area contributed by atoms with Gasteiger partial charge in [0.2, 0.25) is 0 Å². The van der Waals surface area contributed by atoms with E-state index in [9.17, 15) is 0 Å². The van der Waals surface area contributed by atoms with Crippen LogP contribution in [0.1, 0.15) is 0 Å². The average Bonchev–Trinajstić information content (AvgIpc) is 3.96. The van der Waals surface area contributed by atoms with Crippen molar-refractivity contribution < 1.29 is 150 Å². The minimum absolute atomic E-state index is 0. The topological polar surface area (TPSA) is 508 Å². The maximum atomic E-state index is 4.14. The van der Waals surface area contributed by atoms with Gasteiger partial charge in [0.25, 0.3) is 0 Å². The third kappa shape index (κ3) is 29.0. The Kier molecular flexibility index (Phi) is 74.0. The molecule has 0 unspecified atom stereocenters. The molecule has 0 aliphatic rings. The number of aromatic amines is 4. The van der Waals surface area contributed by atoms with Crippen molar-refractivity contribution in [2.75, 3.05) is 0 Å². The van der Waals surface area contributed by atoms with Crippen LogP contribution >= 0.6 is 0 Å². The summed E-state index contributed by atoms with van der Waals surface area (Å²) >= 11 is 0. The van der Waals surface area contributed by atoms with E-state index in [1.807, 2.05) is 97.1 Å². The molecular weight excluding hydrogens is 1130 g/mol. The van der Waals surface area contributed by atoms with Crippen molar-refractivity contribution in [3.8, 4) is 45.6 Å². The van der Waals surface area contributed by atoms with E-state index >= 15 is 0 Å². The largest absolute Gasteiger partial charge is 2.00 e. The summed E-state index contributed by atoms with van der Waals surface area (Å²) in [4.78, 5) is 16.6. The smallest absolute Gasteiger partial charge is 0.110 e. The molecule has 0 saturated carbocycles. The van der Waals surface area contributed by atoms with Gasteiger partial charge in [-0.15, -0.1) is 0 Å². The first kappa shape index (κ1) is 87.3. The Bertz CT molecular complexity index is 1590. The van der Waals surface area contributed by atoms with Gasteiger partial charge in [0.1, 0.15) is 22.8 Å². The molecule has 4 N–H and O–H groups in total. The molecule has 0 atom stereocenters. The number of aromatic nitrogens is 12. The Morgan fingerprint density at radius 3 is 0.533 bits per heavy atom. The van der Waals surface area contributed by atoms with Gasteiger partial charge in [-0.1, -0.05) is 24.3 Å². The Labute approximate surface area is 400 Å². The molecule has 24 nitrogen and oxygen atoms in total. The van der Waals surface area contributed by atoms with Crippen molar-refractivity contribution in [1.29, 1.82) is 0 Å². The van der Waals surface area contributed by atoms with Crippen LogP contribution in [0.25, 0.3) is 45.6 Å². The van der Waals surface area contributed by atoms with Crippen LogP contribution in [0.3, 0.4) is 0 Å². The maximum Gasteiger partial charge on any atom is 0.110 e. The van der Waals surface area contributed by atoms with Gasteiger partial charge in [0.05, 0.1) is 22.8 Å². The molecule has 0 saturated heterocycles. The minimum Gasteiger partial charge on any atom is -2.00 e. The van der Waals surface area contributed by atoms with Gasteiger partial charge in [0.15, 0.2) is 0 Å². The van der Waals surface area contributed by atoms with Crippen LogP contribution in [-0.4, -0.2) is 60.7 Å². The van der Waals surface area contributed by atoms with Crippen LogP contribution in [0.2, 0.25) is 0 Å². The van der Waals surface area contributed by atoms with E-state index in [2.05, 4.69) is 60.7 Å². The zero-order valence-corrected chi connectivity index (χ0v) is 38.0. The summed E-state index contributed by atoms with van der Waals surface area (Å²) < 4.78 is 0. The second-order valence-electron chi connectivity index (χ2n) is 8.70. The monoisotopic (exact) mass is 1160 g/mol. The van der Waals surface area contributed by atoms with Crippen LogP contribution < -0.4 is 0 Å². The van der Waals surface area contributed by atoms with E-state index in [0.717, 1.165) is 45.6 Å². The van der Waals surface area contributed by atoms with E-state index in [1.54, 1.807) is 49.6 Å². The van der Waals surface area contributed by atoms with Crippen molar-refractivity contribution in [3.63, 3.8) is 0 Å². The zero-order chi connectivity index (χ0) is 30.1. The number of pyridine rings is 4. The molecule has 8 aromatic heterocycles. The van der Waals surface area contributed by atoms with E-state index in [-0.39, 0.29) is 150 Å². The molecule has 0 aromatic carbocycles. The molecule has 8 heterocycles. The Morgan fingerprint density at radius 2 is 0.417 bits per heavy atom. The van der Waals surface area contributed by atoms with Crippen LogP contribution in [0.4, 0.5) is 0 Å². The number of H-pyrrole nitrogens is 4. The average molecular weight is 1160 g/mol. The summed E-state index contributed by atoms with van der Waals surface area (Å²) in [6.45, 7) is 0. The molecule has 0 amide bonds. The van der Waals surface area contributed by atoms with Gasteiger partial charge in [-0.25, -0.2) is 0 Å². The number of hydrogen-bond acceptors (Lipinski definition) is 8. The second-order valence-corrected chi connectivity index (χ2v) is 8.70. The Hall–Kier alpha value is -4.29. The standard InChI is InChI=1S/4C8H7N3.4Mo.12O/c4*1-2-5-9-7(3-1)8-4-6-10-11-8;;;;;;;;;;;;;;;;/h4*1-6H,(H,10,11);;;;;;;;;;;;;;;;/q;;;;;;;;12*-2. The van der Waals surface area contributed by atoms with Crippen LogP contribution in [0, 0.1) is 0 Å². The van der Waals surface area contributed by atoms with Gasteiger partial charge in [-0.3, -0.25) is 40.3 Å². The number of nitrogens with zero attached hydrogens (tertiary/aromatic N) is 8. The predicted molar refractivity (Wildman–Crippen MR) is 176 cm³/mol. The van der Waals surface area contributed by atoms with Crippen molar-refractivity contribution in [1.82, 2.24) is 60.7 Å². The van der Waals surface area contributed by atoms with Gasteiger partial charge in [-0.2, -0.15) is 20.4 Å². The SMILES string of the molecule is [Mo].[Mo].[Mo].[Mo].[O-2].[O-2].[O-2].[O-2].[O-2].[O-2].[O-2].[O-2].[O-2].[O-2].[O-2].[O-2].c1ccc(-c2cc[nH]n2)nc1.c1ccc(-c2cc[nH]n2)nc1.c1ccc(-c2cc[nH]n2)nc1.c1ccc(-c2cc[nH]n2)nc1. The molecule has 28 heteroatoms. The molecule has 0 aliphatic heterocycles. The Morgan fingerprint density at radius 1 is 0.233 bits per heavy atom. The fourth-order valence-electron chi connectivity index (χ4n) is 3.67. The summed E-state index contributed by atoms with van der Waals surface area (Å²) in [5.41, 5.74) is 7.11. The van der Waals surface area contributed by atoms with Crippen molar-refractivity contribution in [2.45, 2.75) is 0 Å². The molecule has 0 spiro atoms. The van der Waals surface area contributed by atoms with Crippen LogP contribution in [0.5, 0.6) is 0 Å². The first-order valence-electron chi connectivity index (χ1n) is 13.5. The van der Waals surface area contributed by atoms with Crippen LogP contribution in [-0.2, 0) is 150 Å². The van der Waals surface area contributed by atoms with Gasteiger partial charge < -0.3 is 65.7 Å². The summed E-state index contributed by atoms with van der Waals surface area (Å²) in [5.74, 6) is 0. The first-order chi connectivity index (χ1) is 21.9. The molecule has 336 valence electrons. The van der Waals surface area contributed by atoms with Gasteiger partial charge in [-0.05, 0) is 72.8 Å². The zero-order valence-electron chi connectivity index (χ0n) is 30.0. The van der Waals surface area contributed by atoms with Crippen molar-refractivity contribution >= 4 is 0 Å².